The first-order valence-electron chi connectivity index (χ1n) is 4.84. The van der Waals surface area contributed by atoms with E-state index in [4.69, 9.17) is 5.73 Å². The Bertz CT molecular complexity index is 442. The van der Waals surface area contributed by atoms with Crippen molar-refractivity contribution in [2.24, 2.45) is 0 Å². The Hall–Kier alpha value is -1.55. The third kappa shape index (κ3) is 2.52. The van der Waals surface area contributed by atoms with E-state index in [-0.39, 0.29) is 5.82 Å². The van der Waals surface area contributed by atoms with Gasteiger partial charge in [-0.15, -0.1) is 11.8 Å². The number of halogens is 1. The van der Waals surface area contributed by atoms with Crippen LogP contribution < -0.4 is 5.73 Å². The number of nitrogen functional groups attached to an aromatic ring is 1. The molecule has 0 unspecified atom stereocenters. The monoisotopic (exact) mass is 234 g/mol. The molecule has 82 valence electrons. The summed E-state index contributed by atoms with van der Waals surface area (Å²) in [5, 5.41) is 0. The van der Waals surface area contributed by atoms with Crippen LogP contribution in [0.5, 0.6) is 0 Å². The minimum atomic E-state index is -0.199. The molecule has 0 saturated carbocycles. The zero-order valence-corrected chi connectivity index (χ0v) is 9.38. The van der Waals surface area contributed by atoms with Gasteiger partial charge in [0.25, 0.3) is 0 Å². The Morgan fingerprint density at radius 2 is 2.00 bits per heavy atom. The van der Waals surface area contributed by atoms with Crippen LogP contribution in [0.25, 0.3) is 0 Å². The lowest BCUT2D eigenvalue weighted by molar-refractivity contribution is 0.602. The van der Waals surface area contributed by atoms with Crippen molar-refractivity contribution >= 4 is 17.6 Å². The van der Waals surface area contributed by atoms with E-state index in [1.165, 1.54) is 17.8 Å². The first-order chi connectivity index (χ1) is 7.77. The second-order valence-corrected chi connectivity index (χ2v) is 4.28. The van der Waals surface area contributed by atoms with Gasteiger partial charge in [-0.05, 0) is 18.2 Å². The highest BCUT2D eigenvalue weighted by molar-refractivity contribution is 7.98. The molecule has 0 spiro atoms. The summed E-state index contributed by atoms with van der Waals surface area (Å²) in [5.41, 5.74) is 6.63. The van der Waals surface area contributed by atoms with Gasteiger partial charge in [-0.3, -0.25) is 0 Å². The highest BCUT2D eigenvalue weighted by Gasteiger charge is 2.04. The predicted octanol–water partition coefficient (Wildman–Crippen LogP) is 3.10. The summed E-state index contributed by atoms with van der Waals surface area (Å²) < 4.78 is 13.3. The molecule has 2 aromatic rings. The molecule has 4 heteroatoms. The summed E-state index contributed by atoms with van der Waals surface area (Å²) in [4.78, 5) is 4.61. The number of nitrogens with two attached hydrogens (primary N) is 1. The predicted molar refractivity (Wildman–Crippen MR) is 64.6 cm³/mol. The highest BCUT2D eigenvalue weighted by atomic mass is 32.2. The maximum atomic E-state index is 13.3. The van der Waals surface area contributed by atoms with E-state index < -0.39 is 0 Å². The number of thioether (sulfide) groups is 1. The summed E-state index contributed by atoms with van der Waals surface area (Å²) in [6.07, 6.45) is 1.65. The second-order valence-electron chi connectivity index (χ2n) is 3.27. The first kappa shape index (κ1) is 11.0. The average molecular weight is 234 g/mol. The fourth-order valence-electron chi connectivity index (χ4n) is 1.29. The van der Waals surface area contributed by atoms with Gasteiger partial charge in [0.05, 0.1) is 0 Å². The van der Waals surface area contributed by atoms with Crippen LogP contribution >= 0.6 is 11.8 Å². The molecule has 1 aromatic carbocycles. The topological polar surface area (TPSA) is 38.9 Å². The van der Waals surface area contributed by atoms with E-state index in [9.17, 15) is 4.39 Å². The molecule has 16 heavy (non-hydrogen) atoms. The minimum Gasteiger partial charge on any atom is -0.383 e. The van der Waals surface area contributed by atoms with Crippen LogP contribution in [0.1, 0.15) is 5.56 Å². The normalized spacial score (nSPS) is 10.3. The molecule has 1 aromatic heterocycles. The lowest BCUT2D eigenvalue weighted by atomic mass is 10.3. The number of pyridine rings is 1. The Morgan fingerprint density at radius 3 is 2.75 bits per heavy atom. The van der Waals surface area contributed by atoms with Crippen LogP contribution in [0.4, 0.5) is 10.2 Å². The van der Waals surface area contributed by atoms with Crippen molar-refractivity contribution in [2.45, 2.75) is 10.6 Å². The molecule has 0 aliphatic rings. The zero-order valence-electron chi connectivity index (χ0n) is 8.56. The van der Waals surface area contributed by atoms with Crippen LogP contribution in [-0.4, -0.2) is 4.98 Å². The molecule has 0 atom stereocenters. The first-order valence-corrected chi connectivity index (χ1v) is 5.82. The molecule has 2 rings (SSSR count). The SMILES string of the molecule is Nc1ncccc1CSc1ccccc1F. The molecule has 0 fully saturated rings. The average Bonchev–Trinajstić information content (AvgIpc) is 2.30. The van der Waals surface area contributed by atoms with Gasteiger partial charge >= 0.3 is 0 Å². The van der Waals surface area contributed by atoms with Crippen LogP contribution in [0, 0.1) is 5.82 Å². The van der Waals surface area contributed by atoms with Gasteiger partial charge in [0.15, 0.2) is 0 Å². The fourth-order valence-corrected chi connectivity index (χ4v) is 2.23. The van der Waals surface area contributed by atoms with Gasteiger partial charge in [0, 0.05) is 22.4 Å². The summed E-state index contributed by atoms with van der Waals surface area (Å²) >= 11 is 1.42. The molecule has 2 N–H and O–H groups in total. The van der Waals surface area contributed by atoms with E-state index in [2.05, 4.69) is 4.98 Å². The van der Waals surface area contributed by atoms with Gasteiger partial charge in [-0.25, -0.2) is 9.37 Å². The van der Waals surface area contributed by atoms with E-state index in [0.717, 1.165) is 5.56 Å². The van der Waals surface area contributed by atoms with Gasteiger partial charge in [0.1, 0.15) is 11.6 Å². The molecule has 0 amide bonds. The van der Waals surface area contributed by atoms with E-state index >= 15 is 0 Å². The Balaban J connectivity index is 2.09. The third-order valence-corrected chi connectivity index (χ3v) is 3.24. The number of rotatable bonds is 3. The van der Waals surface area contributed by atoms with Crippen molar-refractivity contribution in [3.05, 3.63) is 54.0 Å². The Kier molecular flexibility index (Phi) is 3.41. The maximum absolute atomic E-state index is 13.3. The van der Waals surface area contributed by atoms with Crippen LogP contribution in [0.3, 0.4) is 0 Å². The second kappa shape index (κ2) is 4.99. The maximum Gasteiger partial charge on any atom is 0.136 e. The fraction of sp³-hybridized carbons (Fsp3) is 0.0833. The van der Waals surface area contributed by atoms with Crippen molar-refractivity contribution in [3.8, 4) is 0 Å². The van der Waals surface area contributed by atoms with Gasteiger partial charge in [-0.2, -0.15) is 0 Å². The molecule has 0 aliphatic heterocycles. The smallest absolute Gasteiger partial charge is 0.136 e. The van der Waals surface area contributed by atoms with Gasteiger partial charge in [-0.1, -0.05) is 18.2 Å². The number of hydrogen-bond donors (Lipinski definition) is 1. The van der Waals surface area contributed by atoms with Crippen molar-refractivity contribution in [2.75, 3.05) is 5.73 Å². The van der Waals surface area contributed by atoms with E-state index in [1.807, 2.05) is 18.2 Å². The lowest BCUT2D eigenvalue weighted by Gasteiger charge is -2.04. The number of benzene rings is 1. The zero-order chi connectivity index (χ0) is 11.4. The standard InChI is InChI=1S/C12H11FN2S/c13-10-5-1-2-6-11(10)16-8-9-4-3-7-15-12(9)14/h1-7H,8H2,(H2,14,15). The molecule has 0 saturated heterocycles. The van der Waals surface area contributed by atoms with Gasteiger partial charge < -0.3 is 5.73 Å². The summed E-state index contributed by atoms with van der Waals surface area (Å²) in [6, 6.07) is 10.4. The van der Waals surface area contributed by atoms with Crippen molar-refractivity contribution in [1.29, 1.82) is 0 Å². The number of aromatic nitrogens is 1. The number of nitrogens with zero attached hydrogens (tertiary/aromatic N) is 1. The van der Waals surface area contributed by atoms with Crippen LogP contribution in [0.15, 0.2) is 47.5 Å². The number of anilines is 1. The summed E-state index contributed by atoms with van der Waals surface area (Å²) in [7, 11) is 0. The highest BCUT2D eigenvalue weighted by Crippen LogP contribution is 2.26. The van der Waals surface area contributed by atoms with Gasteiger partial charge in [0.2, 0.25) is 0 Å². The molecule has 1 heterocycles. The molecule has 2 nitrogen and oxygen atoms in total. The summed E-state index contributed by atoms with van der Waals surface area (Å²) in [5.74, 6) is 0.932. The van der Waals surface area contributed by atoms with Crippen molar-refractivity contribution in [3.63, 3.8) is 0 Å². The molecule has 0 aliphatic carbocycles. The van der Waals surface area contributed by atoms with E-state index in [0.29, 0.717) is 16.5 Å². The van der Waals surface area contributed by atoms with Crippen LogP contribution in [-0.2, 0) is 5.75 Å². The van der Waals surface area contributed by atoms with Crippen molar-refractivity contribution < 1.29 is 4.39 Å². The quantitative estimate of drug-likeness (QED) is 0.829. The largest absolute Gasteiger partial charge is 0.383 e. The lowest BCUT2D eigenvalue weighted by Crippen LogP contribution is -1.95. The Morgan fingerprint density at radius 1 is 1.19 bits per heavy atom. The Labute approximate surface area is 97.7 Å². The van der Waals surface area contributed by atoms with Crippen LogP contribution in [0.2, 0.25) is 0 Å². The third-order valence-electron chi connectivity index (χ3n) is 2.15. The van der Waals surface area contributed by atoms with Crippen molar-refractivity contribution in [1.82, 2.24) is 4.98 Å². The molecular weight excluding hydrogens is 223 g/mol. The molecule has 0 bridgehead atoms. The molecular formula is C12H11FN2S. The minimum absolute atomic E-state index is 0.199. The summed E-state index contributed by atoms with van der Waals surface area (Å²) in [6.45, 7) is 0. The number of hydrogen-bond acceptors (Lipinski definition) is 3. The molecule has 0 radical (unpaired) electrons. The van der Waals surface area contributed by atoms with E-state index in [1.54, 1.807) is 18.3 Å².